The van der Waals surface area contributed by atoms with Gasteiger partial charge in [-0.05, 0) is 33.0 Å². The maximum Gasteiger partial charge on any atom is 0.220 e. The molecule has 0 saturated carbocycles. The fraction of sp³-hybridized carbons (Fsp3) is 0.917. The van der Waals surface area contributed by atoms with Gasteiger partial charge in [0, 0.05) is 25.0 Å². The van der Waals surface area contributed by atoms with Crippen LogP contribution in [0.25, 0.3) is 0 Å². The first-order valence-corrected chi connectivity index (χ1v) is 6.29. The number of nitrogens with zero attached hydrogens (tertiary/aromatic N) is 1. The van der Waals surface area contributed by atoms with E-state index in [1.165, 1.54) is 0 Å². The Hall–Kier alpha value is -0.610. The number of carbonyl (C=O) groups is 1. The molecule has 0 spiro atoms. The first kappa shape index (κ1) is 13.5. The number of nitrogens with one attached hydrogen (secondary N) is 2. The molecule has 1 unspecified atom stereocenters. The Kier molecular flexibility index (Phi) is 5.77. The van der Waals surface area contributed by atoms with Gasteiger partial charge in [-0.25, -0.2) is 0 Å². The molecule has 1 amide bonds. The summed E-state index contributed by atoms with van der Waals surface area (Å²) in [6.45, 7) is 7.26. The van der Waals surface area contributed by atoms with Crippen molar-refractivity contribution in [3.63, 3.8) is 0 Å². The van der Waals surface area contributed by atoms with Crippen LogP contribution in [0.5, 0.6) is 0 Å². The van der Waals surface area contributed by atoms with Crippen LogP contribution in [0.1, 0.15) is 33.1 Å². The Labute approximate surface area is 98.8 Å². The average molecular weight is 227 g/mol. The van der Waals surface area contributed by atoms with Crippen molar-refractivity contribution in [2.75, 3.05) is 26.7 Å². The summed E-state index contributed by atoms with van der Waals surface area (Å²) in [6.07, 6.45) is 2.65. The number of hydrogen-bond donors (Lipinski definition) is 2. The Morgan fingerprint density at radius 1 is 1.50 bits per heavy atom. The largest absolute Gasteiger partial charge is 0.352 e. The monoisotopic (exact) mass is 227 g/mol. The molecule has 0 aromatic heterocycles. The van der Waals surface area contributed by atoms with Crippen molar-refractivity contribution < 1.29 is 4.79 Å². The van der Waals surface area contributed by atoms with Crippen molar-refractivity contribution >= 4 is 5.91 Å². The van der Waals surface area contributed by atoms with Crippen LogP contribution in [0.4, 0.5) is 0 Å². The highest BCUT2D eigenvalue weighted by molar-refractivity contribution is 5.76. The highest BCUT2D eigenvalue weighted by Gasteiger charge is 2.20. The lowest BCUT2D eigenvalue weighted by Gasteiger charge is -2.13. The molecule has 1 saturated heterocycles. The van der Waals surface area contributed by atoms with Crippen LogP contribution in [0.3, 0.4) is 0 Å². The van der Waals surface area contributed by atoms with Gasteiger partial charge in [-0.2, -0.15) is 0 Å². The maximum atomic E-state index is 11.6. The molecule has 1 aliphatic heterocycles. The van der Waals surface area contributed by atoms with Gasteiger partial charge < -0.3 is 15.5 Å². The Bertz CT molecular complexity index is 218. The van der Waals surface area contributed by atoms with E-state index in [1.807, 2.05) is 0 Å². The third kappa shape index (κ3) is 5.47. The molecular weight excluding hydrogens is 202 g/mol. The number of likely N-dealkylation sites (N-methyl/N-ethyl adjacent to an activating group) is 1. The summed E-state index contributed by atoms with van der Waals surface area (Å²) >= 11 is 0. The molecule has 0 radical (unpaired) electrons. The first-order chi connectivity index (χ1) is 7.58. The molecule has 1 fully saturated rings. The van der Waals surface area contributed by atoms with Crippen molar-refractivity contribution in [1.82, 2.24) is 15.5 Å². The van der Waals surface area contributed by atoms with E-state index in [-0.39, 0.29) is 5.91 Å². The summed E-state index contributed by atoms with van der Waals surface area (Å²) < 4.78 is 0. The van der Waals surface area contributed by atoms with Gasteiger partial charge in [0.1, 0.15) is 0 Å². The van der Waals surface area contributed by atoms with Crippen LogP contribution < -0.4 is 10.6 Å². The van der Waals surface area contributed by atoms with E-state index in [0.29, 0.717) is 18.5 Å². The third-order valence-corrected chi connectivity index (χ3v) is 2.89. The lowest BCUT2D eigenvalue weighted by Crippen LogP contribution is -2.36. The normalized spacial score (nSPS) is 21.6. The number of carbonyl (C=O) groups excluding carboxylic acids is 1. The minimum Gasteiger partial charge on any atom is -0.352 e. The van der Waals surface area contributed by atoms with E-state index >= 15 is 0 Å². The van der Waals surface area contributed by atoms with Gasteiger partial charge in [0.15, 0.2) is 0 Å². The fourth-order valence-electron chi connectivity index (χ4n) is 1.99. The molecule has 16 heavy (non-hydrogen) atoms. The summed E-state index contributed by atoms with van der Waals surface area (Å²) in [5.74, 6) is 0.200. The van der Waals surface area contributed by atoms with E-state index in [0.717, 1.165) is 32.5 Å². The van der Waals surface area contributed by atoms with E-state index in [2.05, 4.69) is 36.4 Å². The highest BCUT2D eigenvalue weighted by Crippen LogP contribution is 2.06. The number of rotatable bonds is 6. The van der Waals surface area contributed by atoms with E-state index in [1.54, 1.807) is 0 Å². The summed E-state index contributed by atoms with van der Waals surface area (Å²) in [5, 5.41) is 6.40. The molecule has 4 heteroatoms. The minimum absolute atomic E-state index is 0.200. The van der Waals surface area contributed by atoms with Crippen LogP contribution >= 0.6 is 0 Å². The van der Waals surface area contributed by atoms with Gasteiger partial charge in [-0.1, -0.05) is 13.8 Å². The van der Waals surface area contributed by atoms with Gasteiger partial charge in [0.25, 0.3) is 0 Å². The fourth-order valence-corrected chi connectivity index (χ4v) is 1.99. The molecule has 94 valence electrons. The number of amides is 1. The predicted molar refractivity (Wildman–Crippen MR) is 66.4 cm³/mol. The minimum atomic E-state index is 0.200. The van der Waals surface area contributed by atoms with Gasteiger partial charge in [0.2, 0.25) is 5.91 Å². The van der Waals surface area contributed by atoms with Crippen LogP contribution in [-0.4, -0.2) is 49.6 Å². The van der Waals surface area contributed by atoms with Gasteiger partial charge >= 0.3 is 0 Å². The van der Waals surface area contributed by atoms with E-state index in [4.69, 9.17) is 0 Å². The molecular formula is C12H25N3O. The average Bonchev–Trinajstić information content (AvgIpc) is 2.58. The lowest BCUT2D eigenvalue weighted by atomic mass is 10.2. The van der Waals surface area contributed by atoms with Gasteiger partial charge in [0.05, 0.1) is 0 Å². The second-order valence-corrected chi connectivity index (χ2v) is 5.03. The molecule has 1 rings (SSSR count). The Morgan fingerprint density at radius 2 is 2.25 bits per heavy atom. The van der Waals surface area contributed by atoms with Crippen molar-refractivity contribution in [2.24, 2.45) is 0 Å². The van der Waals surface area contributed by atoms with E-state index in [9.17, 15) is 4.79 Å². The Balaban J connectivity index is 2.02. The molecule has 0 aromatic rings. The second kappa shape index (κ2) is 6.86. The van der Waals surface area contributed by atoms with Crippen molar-refractivity contribution in [3.8, 4) is 0 Å². The summed E-state index contributed by atoms with van der Waals surface area (Å²) in [5.41, 5.74) is 0. The van der Waals surface area contributed by atoms with Crippen molar-refractivity contribution in [2.45, 2.75) is 45.2 Å². The molecule has 0 aliphatic carbocycles. The SMILES string of the molecule is CC(C)NCCCC(=O)NC1CCN(C)C1. The van der Waals surface area contributed by atoms with Crippen LogP contribution in [0, 0.1) is 0 Å². The summed E-state index contributed by atoms with van der Waals surface area (Å²) in [4.78, 5) is 13.8. The second-order valence-electron chi connectivity index (χ2n) is 5.03. The van der Waals surface area contributed by atoms with Crippen LogP contribution in [0.15, 0.2) is 0 Å². The highest BCUT2D eigenvalue weighted by atomic mass is 16.1. The topological polar surface area (TPSA) is 44.4 Å². The first-order valence-electron chi connectivity index (χ1n) is 6.29. The van der Waals surface area contributed by atoms with Crippen molar-refractivity contribution in [3.05, 3.63) is 0 Å². The third-order valence-electron chi connectivity index (χ3n) is 2.89. The number of hydrogen-bond acceptors (Lipinski definition) is 3. The van der Waals surface area contributed by atoms with Crippen LogP contribution in [0.2, 0.25) is 0 Å². The summed E-state index contributed by atoms with van der Waals surface area (Å²) in [7, 11) is 2.10. The zero-order chi connectivity index (χ0) is 12.0. The molecule has 0 bridgehead atoms. The molecule has 1 aliphatic rings. The Morgan fingerprint density at radius 3 is 2.81 bits per heavy atom. The summed E-state index contributed by atoms with van der Waals surface area (Å²) in [6, 6.07) is 0.877. The maximum absolute atomic E-state index is 11.6. The zero-order valence-corrected chi connectivity index (χ0v) is 10.8. The molecule has 4 nitrogen and oxygen atoms in total. The van der Waals surface area contributed by atoms with Crippen LogP contribution in [-0.2, 0) is 4.79 Å². The van der Waals surface area contributed by atoms with Crippen molar-refractivity contribution in [1.29, 1.82) is 0 Å². The standard InChI is InChI=1S/C12H25N3O/c1-10(2)13-7-4-5-12(16)14-11-6-8-15(3)9-11/h10-11,13H,4-9H2,1-3H3,(H,14,16). The van der Waals surface area contributed by atoms with Gasteiger partial charge in [-0.3, -0.25) is 4.79 Å². The molecule has 1 heterocycles. The smallest absolute Gasteiger partial charge is 0.220 e. The van der Waals surface area contributed by atoms with E-state index < -0.39 is 0 Å². The quantitative estimate of drug-likeness (QED) is 0.653. The molecule has 2 N–H and O–H groups in total. The predicted octanol–water partition coefficient (Wildman–Crippen LogP) is 0.585. The number of likely N-dealkylation sites (tertiary alicyclic amines) is 1. The lowest BCUT2D eigenvalue weighted by molar-refractivity contribution is -0.121. The molecule has 1 atom stereocenters. The molecule has 0 aromatic carbocycles. The zero-order valence-electron chi connectivity index (χ0n) is 10.8. The van der Waals surface area contributed by atoms with Gasteiger partial charge in [-0.15, -0.1) is 0 Å².